The minimum absolute atomic E-state index is 0.380. The summed E-state index contributed by atoms with van der Waals surface area (Å²) in [5, 5.41) is 0. The summed E-state index contributed by atoms with van der Waals surface area (Å²) in [5.74, 6) is -0.429. The Morgan fingerprint density at radius 1 is 1.73 bits per heavy atom. The Bertz CT molecular complexity index is 145. The van der Waals surface area contributed by atoms with Gasteiger partial charge in [-0.1, -0.05) is 6.58 Å². The average Bonchev–Trinajstić information content (AvgIpc) is 1.97. The molecule has 0 saturated heterocycles. The fourth-order valence-corrected chi connectivity index (χ4v) is 0.378. The summed E-state index contributed by atoms with van der Waals surface area (Å²) >= 11 is 0. The van der Waals surface area contributed by atoms with E-state index in [0.717, 1.165) is 6.42 Å². The summed E-state index contributed by atoms with van der Waals surface area (Å²) in [6.07, 6.45) is 0.781. The molecule has 0 aliphatic rings. The molecule has 3 N–H and O–H groups in total. The molecular weight excluding hydrogens is 144 g/mol. The molecule has 0 aliphatic heterocycles. The van der Waals surface area contributed by atoms with Crippen LogP contribution in [-0.4, -0.2) is 19.1 Å². The Balaban J connectivity index is 3.25. The zero-order valence-corrected chi connectivity index (χ0v) is 6.72. The first-order chi connectivity index (χ1) is 5.18. The summed E-state index contributed by atoms with van der Waals surface area (Å²) in [7, 11) is 0. The van der Waals surface area contributed by atoms with E-state index < -0.39 is 5.97 Å². The number of nitrogens with two attached hydrogens (primary N) is 1. The number of hydroxylamine groups is 1. The molecule has 0 rings (SSSR count). The van der Waals surface area contributed by atoms with Gasteiger partial charge < -0.3 is 10.6 Å². The molecule has 0 spiro atoms. The second kappa shape index (κ2) is 5.88. The Hall–Kier alpha value is -0.870. The highest BCUT2D eigenvalue weighted by atomic mass is 16.7. The van der Waals surface area contributed by atoms with Crippen molar-refractivity contribution in [1.29, 1.82) is 0 Å². The third-order valence-corrected chi connectivity index (χ3v) is 0.996. The third kappa shape index (κ3) is 5.57. The molecule has 0 fully saturated rings. The highest BCUT2D eigenvalue weighted by Crippen LogP contribution is 1.88. The van der Waals surface area contributed by atoms with Crippen LogP contribution < -0.4 is 11.2 Å². The number of hydrogen-bond donors (Lipinski definition) is 2. The predicted molar refractivity (Wildman–Crippen MR) is 42.6 cm³/mol. The molecule has 0 aromatic carbocycles. The topological polar surface area (TPSA) is 64.3 Å². The Kier molecular flexibility index (Phi) is 5.42. The highest BCUT2D eigenvalue weighted by Gasteiger charge is 2.00. The molecule has 0 aromatic heterocycles. The maximum Gasteiger partial charge on any atom is 0.351 e. The van der Waals surface area contributed by atoms with Crippen LogP contribution >= 0.6 is 0 Å². The van der Waals surface area contributed by atoms with E-state index in [9.17, 15) is 4.79 Å². The first-order valence-electron chi connectivity index (χ1n) is 3.48. The maximum atomic E-state index is 10.7. The molecule has 4 nitrogen and oxygen atoms in total. The van der Waals surface area contributed by atoms with Crippen molar-refractivity contribution < 1.29 is 9.63 Å². The Morgan fingerprint density at radius 2 is 2.36 bits per heavy atom. The molecular formula is C7H14N2O2. The van der Waals surface area contributed by atoms with Gasteiger partial charge in [0.2, 0.25) is 0 Å². The minimum Gasteiger partial charge on any atom is -0.367 e. The third-order valence-electron chi connectivity index (χ3n) is 0.996. The van der Waals surface area contributed by atoms with Crippen molar-refractivity contribution in [1.82, 2.24) is 5.48 Å². The normalized spacial score (nSPS) is 9.27. The van der Waals surface area contributed by atoms with Crippen molar-refractivity contribution >= 4 is 5.97 Å². The molecule has 0 unspecified atom stereocenters. The standard InChI is InChI=1S/C7H14N2O2/c1-6(2)7(10)11-9-5-3-4-8/h9H,1,3-5,8H2,2H3. The molecule has 64 valence electrons. The molecule has 0 heterocycles. The van der Waals surface area contributed by atoms with Gasteiger partial charge in [-0.05, 0) is 19.9 Å². The number of rotatable bonds is 5. The van der Waals surface area contributed by atoms with E-state index in [4.69, 9.17) is 5.73 Å². The smallest absolute Gasteiger partial charge is 0.351 e. The van der Waals surface area contributed by atoms with Gasteiger partial charge in [-0.25, -0.2) is 4.79 Å². The van der Waals surface area contributed by atoms with Crippen LogP contribution in [0.5, 0.6) is 0 Å². The van der Waals surface area contributed by atoms with E-state index in [1.807, 2.05) is 0 Å². The van der Waals surface area contributed by atoms with Gasteiger partial charge in [-0.3, -0.25) is 0 Å². The van der Waals surface area contributed by atoms with Crippen LogP contribution in [-0.2, 0) is 9.63 Å². The van der Waals surface area contributed by atoms with Gasteiger partial charge in [0.25, 0.3) is 0 Å². The van der Waals surface area contributed by atoms with Gasteiger partial charge >= 0.3 is 5.97 Å². The van der Waals surface area contributed by atoms with E-state index in [1.165, 1.54) is 0 Å². The molecule has 0 atom stereocenters. The van der Waals surface area contributed by atoms with Gasteiger partial charge in [0, 0.05) is 12.1 Å². The van der Waals surface area contributed by atoms with Crippen LogP contribution in [0.3, 0.4) is 0 Å². The van der Waals surface area contributed by atoms with Crippen molar-refractivity contribution in [3.8, 4) is 0 Å². The van der Waals surface area contributed by atoms with Crippen LogP contribution in [0.1, 0.15) is 13.3 Å². The summed E-state index contributed by atoms with van der Waals surface area (Å²) in [6, 6.07) is 0. The van der Waals surface area contributed by atoms with Crippen LogP contribution in [0.15, 0.2) is 12.2 Å². The number of hydrogen-bond acceptors (Lipinski definition) is 4. The maximum absolute atomic E-state index is 10.7. The minimum atomic E-state index is -0.429. The van der Waals surface area contributed by atoms with E-state index in [-0.39, 0.29) is 0 Å². The monoisotopic (exact) mass is 158 g/mol. The number of nitrogens with one attached hydrogen (secondary N) is 1. The summed E-state index contributed by atoms with van der Waals surface area (Å²) in [4.78, 5) is 15.3. The van der Waals surface area contributed by atoms with Crippen molar-refractivity contribution in [2.75, 3.05) is 13.1 Å². The molecule has 0 saturated carbocycles. The quantitative estimate of drug-likeness (QED) is 0.335. The van der Waals surface area contributed by atoms with Crippen molar-refractivity contribution in [2.45, 2.75) is 13.3 Å². The SMILES string of the molecule is C=C(C)C(=O)ONCCCN. The van der Waals surface area contributed by atoms with E-state index in [1.54, 1.807) is 6.92 Å². The van der Waals surface area contributed by atoms with Crippen molar-refractivity contribution in [2.24, 2.45) is 5.73 Å². The average molecular weight is 158 g/mol. The van der Waals surface area contributed by atoms with Crippen molar-refractivity contribution in [3.05, 3.63) is 12.2 Å². The highest BCUT2D eigenvalue weighted by molar-refractivity contribution is 5.86. The van der Waals surface area contributed by atoms with Gasteiger partial charge in [-0.2, -0.15) is 5.48 Å². The predicted octanol–water partition coefficient (Wildman–Crippen LogP) is -0.0409. The zero-order chi connectivity index (χ0) is 8.69. The molecule has 0 radical (unpaired) electrons. The molecule has 0 amide bonds. The van der Waals surface area contributed by atoms with E-state index in [2.05, 4.69) is 16.9 Å². The van der Waals surface area contributed by atoms with Crippen LogP contribution in [0, 0.1) is 0 Å². The lowest BCUT2D eigenvalue weighted by atomic mass is 10.4. The zero-order valence-electron chi connectivity index (χ0n) is 6.72. The van der Waals surface area contributed by atoms with Gasteiger partial charge in [0.1, 0.15) is 0 Å². The molecule has 0 aliphatic carbocycles. The summed E-state index contributed by atoms with van der Waals surface area (Å²) in [6.45, 7) is 6.16. The second-order valence-corrected chi connectivity index (χ2v) is 2.21. The fraction of sp³-hybridized carbons (Fsp3) is 0.571. The molecule has 0 aromatic rings. The Labute approximate surface area is 66.4 Å². The van der Waals surface area contributed by atoms with Crippen molar-refractivity contribution in [3.63, 3.8) is 0 Å². The van der Waals surface area contributed by atoms with Crippen LogP contribution in [0.2, 0.25) is 0 Å². The lowest BCUT2D eigenvalue weighted by molar-refractivity contribution is -0.146. The van der Waals surface area contributed by atoms with E-state index >= 15 is 0 Å². The number of carbonyl (C=O) groups is 1. The van der Waals surface area contributed by atoms with E-state index in [0.29, 0.717) is 18.7 Å². The lowest BCUT2D eigenvalue weighted by Crippen LogP contribution is -2.22. The molecule has 4 heteroatoms. The lowest BCUT2D eigenvalue weighted by Gasteiger charge is -2.03. The molecule has 0 bridgehead atoms. The summed E-state index contributed by atoms with van der Waals surface area (Å²) in [5.41, 5.74) is 8.06. The fourth-order valence-electron chi connectivity index (χ4n) is 0.378. The van der Waals surface area contributed by atoms with Gasteiger partial charge in [0.05, 0.1) is 0 Å². The number of carbonyl (C=O) groups excluding carboxylic acids is 1. The molecule has 11 heavy (non-hydrogen) atoms. The van der Waals surface area contributed by atoms with Gasteiger partial charge in [-0.15, -0.1) is 0 Å². The summed E-state index contributed by atoms with van der Waals surface area (Å²) < 4.78 is 0. The van der Waals surface area contributed by atoms with Crippen LogP contribution in [0.25, 0.3) is 0 Å². The van der Waals surface area contributed by atoms with Gasteiger partial charge in [0.15, 0.2) is 0 Å². The first-order valence-corrected chi connectivity index (χ1v) is 3.48. The first kappa shape index (κ1) is 10.1. The largest absolute Gasteiger partial charge is 0.367 e. The Morgan fingerprint density at radius 3 is 2.82 bits per heavy atom. The van der Waals surface area contributed by atoms with Crippen LogP contribution in [0.4, 0.5) is 0 Å². The second-order valence-electron chi connectivity index (χ2n) is 2.21.